The Bertz CT molecular complexity index is 505. The standard InChI is InChI=1S/C12H13BrF2N2O2/c13-8-6(5-16)11(9(14)10(15)12(8)18)17-7-3-1-2-4-19-7/h5,7,16-18H,1-4H2. The molecule has 1 aromatic carbocycles. The molecule has 7 heteroatoms. The topological polar surface area (TPSA) is 65.3 Å². The molecule has 19 heavy (non-hydrogen) atoms. The minimum absolute atomic E-state index is 0.0468. The molecular formula is C12H13BrF2N2O2. The van der Waals surface area contributed by atoms with Crippen molar-refractivity contribution in [2.75, 3.05) is 11.9 Å². The number of halogens is 3. The fourth-order valence-electron chi connectivity index (χ4n) is 1.96. The average molecular weight is 335 g/mol. The van der Waals surface area contributed by atoms with Gasteiger partial charge in [0.15, 0.2) is 11.6 Å². The molecule has 1 atom stereocenters. The van der Waals surface area contributed by atoms with Crippen LogP contribution in [0.3, 0.4) is 0 Å². The Morgan fingerprint density at radius 1 is 1.37 bits per heavy atom. The summed E-state index contributed by atoms with van der Waals surface area (Å²) in [5, 5.41) is 19.4. The van der Waals surface area contributed by atoms with Crippen molar-refractivity contribution in [1.29, 1.82) is 5.41 Å². The monoisotopic (exact) mass is 334 g/mol. The first-order valence-corrected chi connectivity index (χ1v) is 6.63. The quantitative estimate of drug-likeness (QED) is 0.451. The van der Waals surface area contributed by atoms with Gasteiger partial charge in [0.2, 0.25) is 5.82 Å². The lowest BCUT2D eigenvalue weighted by molar-refractivity contribution is 0.0341. The number of aromatic hydroxyl groups is 1. The van der Waals surface area contributed by atoms with Gasteiger partial charge in [-0.2, -0.15) is 4.39 Å². The number of hydrogen-bond donors (Lipinski definition) is 3. The number of ether oxygens (including phenoxy) is 1. The first-order chi connectivity index (χ1) is 9.06. The van der Waals surface area contributed by atoms with E-state index in [-0.39, 0.29) is 15.7 Å². The van der Waals surface area contributed by atoms with E-state index in [0.29, 0.717) is 13.0 Å². The summed E-state index contributed by atoms with van der Waals surface area (Å²) in [6, 6.07) is 0. The molecular weight excluding hydrogens is 322 g/mol. The van der Waals surface area contributed by atoms with Crippen LogP contribution in [0.4, 0.5) is 14.5 Å². The van der Waals surface area contributed by atoms with Gasteiger partial charge >= 0.3 is 0 Å². The second-order valence-corrected chi connectivity index (χ2v) is 5.02. The Kier molecular flexibility index (Phi) is 4.36. The molecule has 0 spiro atoms. The van der Waals surface area contributed by atoms with Gasteiger partial charge in [0.1, 0.15) is 6.23 Å². The van der Waals surface area contributed by atoms with E-state index >= 15 is 0 Å². The fourth-order valence-corrected chi connectivity index (χ4v) is 2.44. The van der Waals surface area contributed by atoms with Gasteiger partial charge in [-0.3, -0.25) is 0 Å². The minimum Gasteiger partial charge on any atom is -0.504 e. The van der Waals surface area contributed by atoms with Crippen LogP contribution in [0.2, 0.25) is 0 Å². The molecule has 1 aliphatic rings. The number of anilines is 1. The molecule has 0 aliphatic carbocycles. The Labute approximate surface area is 117 Å². The molecule has 2 rings (SSSR count). The van der Waals surface area contributed by atoms with Gasteiger partial charge < -0.3 is 20.6 Å². The summed E-state index contributed by atoms with van der Waals surface area (Å²) < 4.78 is 32.7. The number of hydrogen-bond acceptors (Lipinski definition) is 4. The molecule has 1 unspecified atom stereocenters. The number of benzene rings is 1. The van der Waals surface area contributed by atoms with Crippen LogP contribution in [0.25, 0.3) is 0 Å². The minimum atomic E-state index is -1.35. The summed E-state index contributed by atoms with van der Waals surface area (Å²) in [5.41, 5.74) is -0.130. The van der Waals surface area contributed by atoms with E-state index in [2.05, 4.69) is 21.2 Å². The van der Waals surface area contributed by atoms with E-state index in [9.17, 15) is 13.9 Å². The molecule has 1 aromatic rings. The zero-order chi connectivity index (χ0) is 14.0. The van der Waals surface area contributed by atoms with Crippen molar-refractivity contribution < 1.29 is 18.6 Å². The summed E-state index contributed by atoms with van der Waals surface area (Å²) in [6.45, 7) is 0.556. The number of rotatable bonds is 3. The van der Waals surface area contributed by atoms with E-state index in [0.717, 1.165) is 19.1 Å². The molecule has 104 valence electrons. The van der Waals surface area contributed by atoms with Gasteiger partial charge in [0, 0.05) is 18.4 Å². The lowest BCUT2D eigenvalue weighted by atomic mass is 10.1. The second kappa shape index (κ2) is 5.83. The maximum absolute atomic E-state index is 13.9. The van der Waals surface area contributed by atoms with Crippen molar-refractivity contribution in [2.45, 2.75) is 25.5 Å². The molecule has 1 aliphatic heterocycles. The van der Waals surface area contributed by atoms with Crippen molar-refractivity contribution >= 4 is 27.8 Å². The van der Waals surface area contributed by atoms with E-state index in [1.54, 1.807) is 0 Å². The Balaban J connectivity index is 2.40. The van der Waals surface area contributed by atoms with Crippen molar-refractivity contribution in [1.82, 2.24) is 0 Å². The molecule has 4 nitrogen and oxygen atoms in total. The molecule has 0 amide bonds. The van der Waals surface area contributed by atoms with Crippen molar-refractivity contribution in [3.63, 3.8) is 0 Å². The second-order valence-electron chi connectivity index (χ2n) is 4.22. The molecule has 0 aromatic heterocycles. The van der Waals surface area contributed by atoms with E-state index in [1.165, 1.54) is 0 Å². The summed E-state index contributed by atoms with van der Waals surface area (Å²) >= 11 is 2.95. The number of nitrogens with one attached hydrogen (secondary N) is 2. The highest BCUT2D eigenvalue weighted by Gasteiger charge is 2.24. The Hall–Kier alpha value is -1.21. The first-order valence-electron chi connectivity index (χ1n) is 5.84. The third-order valence-corrected chi connectivity index (χ3v) is 3.77. The molecule has 1 heterocycles. The van der Waals surface area contributed by atoms with Crippen molar-refractivity contribution in [3.05, 3.63) is 21.7 Å². The largest absolute Gasteiger partial charge is 0.504 e. The smallest absolute Gasteiger partial charge is 0.203 e. The van der Waals surface area contributed by atoms with Gasteiger partial charge in [-0.25, -0.2) is 4.39 Å². The zero-order valence-electron chi connectivity index (χ0n) is 9.97. The third kappa shape index (κ3) is 2.71. The van der Waals surface area contributed by atoms with Crippen LogP contribution < -0.4 is 5.32 Å². The first kappa shape index (κ1) is 14.2. The predicted molar refractivity (Wildman–Crippen MR) is 70.8 cm³/mol. The van der Waals surface area contributed by atoms with Crippen molar-refractivity contribution in [3.8, 4) is 5.75 Å². The zero-order valence-corrected chi connectivity index (χ0v) is 11.6. The lowest BCUT2D eigenvalue weighted by Gasteiger charge is -2.26. The van der Waals surface area contributed by atoms with Crippen LogP contribution in [-0.4, -0.2) is 24.2 Å². The molecule has 1 saturated heterocycles. The van der Waals surface area contributed by atoms with E-state index in [4.69, 9.17) is 10.1 Å². The third-order valence-electron chi connectivity index (χ3n) is 2.96. The fraction of sp³-hybridized carbons (Fsp3) is 0.417. The van der Waals surface area contributed by atoms with Gasteiger partial charge in [-0.15, -0.1) is 0 Å². The highest BCUT2D eigenvalue weighted by molar-refractivity contribution is 9.10. The summed E-state index contributed by atoms with van der Waals surface area (Å²) in [6.07, 6.45) is 2.97. The van der Waals surface area contributed by atoms with Crippen LogP contribution in [-0.2, 0) is 4.74 Å². The van der Waals surface area contributed by atoms with Crippen LogP contribution in [0, 0.1) is 17.0 Å². The van der Waals surface area contributed by atoms with Gasteiger partial charge in [-0.1, -0.05) is 0 Å². The SMILES string of the molecule is N=Cc1c(Br)c(O)c(F)c(F)c1NC1CCCCO1. The van der Waals surface area contributed by atoms with Crippen LogP contribution in [0.5, 0.6) is 5.75 Å². The molecule has 0 saturated carbocycles. The highest BCUT2D eigenvalue weighted by atomic mass is 79.9. The summed E-state index contributed by atoms with van der Waals surface area (Å²) in [5.74, 6) is -3.41. The Morgan fingerprint density at radius 3 is 2.68 bits per heavy atom. The Morgan fingerprint density at radius 2 is 2.11 bits per heavy atom. The van der Waals surface area contributed by atoms with Crippen LogP contribution >= 0.6 is 15.9 Å². The van der Waals surface area contributed by atoms with E-state index < -0.39 is 23.6 Å². The van der Waals surface area contributed by atoms with Gasteiger partial charge in [0.05, 0.1) is 10.2 Å². The van der Waals surface area contributed by atoms with E-state index in [1.807, 2.05) is 0 Å². The van der Waals surface area contributed by atoms with Crippen LogP contribution in [0.1, 0.15) is 24.8 Å². The number of phenolic OH excluding ortho intramolecular Hbond substituents is 1. The summed E-state index contributed by atoms with van der Waals surface area (Å²) in [7, 11) is 0. The van der Waals surface area contributed by atoms with Gasteiger partial charge in [0.25, 0.3) is 0 Å². The average Bonchev–Trinajstić information content (AvgIpc) is 2.44. The maximum Gasteiger partial charge on any atom is 0.203 e. The van der Waals surface area contributed by atoms with Crippen LogP contribution in [0.15, 0.2) is 4.47 Å². The number of phenols is 1. The molecule has 1 fully saturated rings. The summed E-state index contributed by atoms with van der Waals surface area (Å²) in [4.78, 5) is 0. The van der Waals surface area contributed by atoms with Gasteiger partial charge in [-0.05, 0) is 35.2 Å². The predicted octanol–water partition coefficient (Wildman–Crippen LogP) is 3.37. The molecule has 0 radical (unpaired) electrons. The van der Waals surface area contributed by atoms with Crippen molar-refractivity contribution in [2.24, 2.45) is 0 Å². The highest BCUT2D eigenvalue weighted by Crippen LogP contribution is 2.38. The normalized spacial score (nSPS) is 19.2. The lowest BCUT2D eigenvalue weighted by Crippen LogP contribution is -2.28. The molecule has 3 N–H and O–H groups in total. The maximum atomic E-state index is 13.9. The molecule has 0 bridgehead atoms.